The van der Waals surface area contributed by atoms with Crippen LogP contribution in [0.4, 0.5) is 10.7 Å². The summed E-state index contributed by atoms with van der Waals surface area (Å²) in [6.45, 7) is 0.563. The van der Waals surface area contributed by atoms with Crippen LogP contribution < -0.4 is 5.32 Å². The Balaban J connectivity index is 2.06. The van der Waals surface area contributed by atoms with E-state index in [0.29, 0.717) is 6.54 Å². The average Bonchev–Trinajstić information content (AvgIpc) is 2.79. The number of hydrogen-bond acceptors (Lipinski definition) is 4. The van der Waals surface area contributed by atoms with Crippen LogP contribution in [0.2, 0.25) is 0 Å². The van der Waals surface area contributed by atoms with Gasteiger partial charge in [0.2, 0.25) is 0 Å². The molecule has 0 unspecified atom stereocenters. The van der Waals surface area contributed by atoms with Crippen LogP contribution in [-0.2, 0) is 6.54 Å². The maximum absolute atomic E-state index is 10.6. The second kappa shape index (κ2) is 5.81. The van der Waals surface area contributed by atoms with Crippen LogP contribution in [0.25, 0.3) is 0 Å². The van der Waals surface area contributed by atoms with Gasteiger partial charge in [-0.2, -0.15) is 0 Å². The molecular weight excluding hydrogens is 384 g/mol. The van der Waals surface area contributed by atoms with Gasteiger partial charge in [-0.25, -0.2) is 0 Å². The molecule has 2 rings (SSSR count). The number of anilines is 1. The first-order valence-corrected chi connectivity index (χ1v) is 7.38. The maximum Gasteiger partial charge on any atom is 0.324 e. The molecule has 0 fully saturated rings. The number of halogens is 2. The number of nitrogens with zero attached hydrogens (tertiary/aromatic N) is 1. The normalized spacial score (nSPS) is 10.3. The molecule has 0 aliphatic carbocycles. The first kappa shape index (κ1) is 13.5. The predicted octanol–water partition coefficient (Wildman–Crippen LogP) is 4.79. The van der Waals surface area contributed by atoms with E-state index >= 15 is 0 Å². The van der Waals surface area contributed by atoms with E-state index < -0.39 is 0 Å². The molecule has 18 heavy (non-hydrogen) atoms. The van der Waals surface area contributed by atoms with Gasteiger partial charge in [-0.3, -0.25) is 10.1 Å². The molecule has 1 heterocycles. The molecule has 4 nitrogen and oxygen atoms in total. The third-order valence-corrected chi connectivity index (χ3v) is 4.43. The number of thiophene rings is 1. The second-order valence-corrected chi connectivity index (χ2v) is 6.39. The molecule has 0 amide bonds. The Morgan fingerprint density at radius 3 is 2.72 bits per heavy atom. The summed E-state index contributed by atoms with van der Waals surface area (Å²) < 4.78 is 1.93. The summed E-state index contributed by atoms with van der Waals surface area (Å²) in [6.07, 6.45) is 0. The van der Waals surface area contributed by atoms with Crippen molar-refractivity contribution >= 4 is 53.9 Å². The zero-order valence-electron chi connectivity index (χ0n) is 9.02. The lowest BCUT2D eigenvalue weighted by Crippen LogP contribution is -1.97. The van der Waals surface area contributed by atoms with Gasteiger partial charge in [0.1, 0.15) is 0 Å². The molecule has 7 heteroatoms. The van der Waals surface area contributed by atoms with Gasteiger partial charge in [-0.15, -0.1) is 0 Å². The molecule has 0 aliphatic heterocycles. The number of nitro groups is 1. The molecule has 1 aromatic heterocycles. The van der Waals surface area contributed by atoms with Gasteiger partial charge in [-0.1, -0.05) is 27.3 Å². The molecule has 0 atom stereocenters. The van der Waals surface area contributed by atoms with Crippen molar-refractivity contribution in [2.24, 2.45) is 0 Å². The van der Waals surface area contributed by atoms with Gasteiger partial charge in [0.05, 0.1) is 4.92 Å². The van der Waals surface area contributed by atoms with Crippen molar-refractivity contribution in [2.45, 2.75) is 6.54 Å². The molecule has 0 radical (unpaired) electrons. The number of hydrogen-bond donors (Lipinski definition) is 1. The highest BCUT2D eigenvalue weighted by atomic mass is 79.9. The monoisotopic (exact) mass is 390 g/mol. The van der Waals surface area contributed by atoms with Crippen molar-refractivity contribution < 1.29 is 4.92 Å². The lowest BCUT2D eigenvalue weighted by Gasteiger charge is -2.07. The summed E-state index contributed by atoms with van der Waals surface area (Å²) in [5.41, 5.74) is 0.945. The summed E-state index contributed by atoms with van der Waals surface area (Å²) in [4.78, 5) is 11.1. The summed E-state index contributed by atoms with van der Waals surface area (Å²) in [7, 11) is 0. The number of benzene rings is 1. The van der Waals surface area contributed by atoms with Gasteiger partial charge < -0.3 is 5.32 Å². The fraction of sp³-hybridized carbons (Fsp3) is 0.0909. The molecule has 0 aliphatic rings. The van der Waals surface area contributed by atoms with Gasteiger partial charge in [0.15, 0.2) is 0 Å². The topological polar surface area (TPSA) is 55.2 Å². The van der Waals surface area contributed by atoms with Crippen LogP contribution in [0.1, 0.15) is 4.88 Å². The predicted molar refractivity (Wildman–Crippen MR) is 80.1 cm³/mol. The van der Waals surface area contributed by atoms with Crippen LogP contribution in [0, 0.1) is 10.1 Å². The zero-order chi connectivity index (χ0) is 13.1. The highest BCUT2D eigenvalue weighted by Gasteiger charge is 2.09. The summed E-state index contributed by atoms with van der Waals surface area (Å²) in [5, 5.41) is 14.0. The number of rotatable bonds is 4. The second-order valence-electron chi connectivity index (χ2n) is 3.47. The first-order chi connectivity index (χ1) is 8.56. The van der Waals surface area contributed by atoms with Crippen molar-refractivity contribution in [2.75, 3.05) is 5.32 Å². The van der Waals surface area contributed by atoms with Gasteiger partial charge in [-0.05, 0) is 40.2 Å². The minimum atomic E-state index is -0.372. The van der Waals surface area contributed by atoms with Gasteiger partial charge in [0, 0.05) is 32.1 Å². The lowest BCUT2D eigenvalue weighted by molar-refractivity contribution is -0.380. The van der Waals surface area contributed by atoms with Crippen LogP contribution in [0.3, 0.4) is 0 Å². The molecular formula is C11H8Br2N2O2S. The Hall–Kier alpha value is -0.920. The van der Waals surface area contributed by atoms with Crippen molar-refractivity contribution in [3.63, 3.8) is 0 Å². The smallest absolute Gasteiger partial charge is 0.324 e. The summed E-state index contributed by atoms with van der Waals surface area (Å²) >= 11 is 8.02. The molecule has 1 N–H and O–H groups in total. The molecule has 1 aromatic carbocycles. The van der Waals surface area contributed by atoms with E-state index in [4.69, 9.17) is 0 Å². The van der Waals surface area contributed by atoms with Gasteiger partial charge >= 0.3 is 5.00 Å². The molecule has 2 aromatic rings. The minimum Gasteiger partial charge on any atom is -0.379 e. The van der Waals surface area contributed by atoms with Crippen molar-refractivity contribution in [1.82, 2.24) is 0 Å². The van der Waals surface area contributed by atoms with Gasteiger partial charge in [0.25, 0.3) is 0 Å². The van der Waals surface area contributed by atoms with Crippen molar-refractivity contribution in [3.05, 3.63) is 54.3 Å². The fourth-order valence-electron chi connectivity index (χ4n) is 1.38. The van der Waals surface area contributed by atoms with E-state index in [1.807, 2.05) is 18.2 Å². The Kier molecular flexibility index (Phi) is 4.36. The molecule has 0 spiro atoms. The molecule has 0 saturated heterocycles. The number of nitrogens with one attached hydrogen (secondary N) is 1. The van der Waals surface area contributed by atoms with Crippen molar-refractivity contribution in [3.8, 4) is 0 Å². The van der Waals surface area contributed by atoms with E-state index in [0.717, 1.165) is 19.5 Å². The van der Waals surface area contributed by atoms with E-state index in [1.165, 1.54) is 17.4 Å². The Bertz CT molecular complexity index is 586. The van der Waals surface area contributed by atoms with E-state index in [2.05, 4.69) is 37.2 Å². The third-order valence-electron chi connectivity index (χ3n) is 2.21. The zero-order valence-corrected chi connectivity index (χ0v) is 13.0. The molecule has 0 bridgehead atoms. The minimum absolute atomic E-state index is 0.167. The van der Waals surface area contributed by atoms with Crippen molar-refractivity contribution in [1.29, 1.82) is 0 Å². The largest absolute Gasteiger partial charge is 0.379 e. The van der Waals surface area contributed by atoms with Crippen LogP contribution in [0.15, 0.2) is 39.3 Å². The van der Waals surface area contributed by atoms with E-state index in [-0.39, 0.29) is 9.92 Å². The summed E-state index contributed by atoms with van der Waals surface area (Å²) in [6, 6.07) is 9.11. The van der Waals surface area contributed by atoms with Crippen LogP contribution >= 0.6 is 43.2 Å². The van der Waals surface area contributed by atoms with Crippen LogP contribution in [-0.4, -0.2) is 4.92 Å². The van der Waals surface area contributed by atoms with Crippen LogP contribution in [0.5, 0.6) is 0 Å². The van der Waals surface area contributed by atoms with E-state index in [1.54, 1.807) is 6.07 Å². The highest BCUT2D eigenvalue weighted by Crippen LogP contribution is 2.28. The maximum atomic E-state index is 10.6. The SMILES string of the molecule is O=[N+]([O-])c1ccc(CNc2cc(Br)ccc2Br)s1. The quantitative estimate of drug-likeness (QED) is 0.601. The fourth-order valence-corrected chi connectivity index (χ4v) is 2.88. The molecule has 0 saturated carbocycles. The highest BCUT2D eigenvalue weighted by molar-refractivity contribution is 9.11. The Labute approximate surface area is 124 Å². The third kappa shape index (κ3) is 3.30. The summed E-state index contributed by atoms with van der Waals surface area (Å²) in [5.74, 6) is 0. The first-order valence-electron chi connectivity index (χ1n) is 4.98. The Morgan fingerprint density at radius 1 is 1.28 bits per heavy atom. The Morgan fingerprint density at radius 2 is 2.06 bits per heavy atom. The lowest BCUT2D eigenvalue weighted by atomic mass is 10.3. The standard InChI is InChI=1S/C11H8Br2N2O2S/c12-7-1-3-9(13)10(5-7)14-6-8-2-4-11(18-8)15(16)17/h1-5,14H,6H2. The van der Waals surface area contributed by atoms with E-state index in [9.17, 15) is 10.1 Å². The average molecular weight is 392 g/mol. The molecule has 94 valence electrons.